The van der Waals surface area contributed by atoms with Crippen molar-refractivity contribution >= 4 is 38.4 Å². The van der Waals surface area contributed by atoms with Gasteiger partial charge in [-0.2, -0.15) is 0 Å². The summed E-state index contributed by atoms with van der Waals surface area (Å²) >= 11 is 2.93. The monoisotopic (exact) mass is 346 g/mol. The van der Waals surface area contributed by atoms with Gasteiger partial charge in [0.05, 0.1) is 4.47 Å². The molecular weight excluding hydrogens is 335 g/mol. The third kappa shape index (κ3) is 4.18. The van der Waals surface area contributed by atoms with Gasteiger partial charge in [-0.05, 0) is 35.0 Å². The van der Waals surface area contributed by atoms with E-state index >= 15 is 0 Å². The van der Waals surface area contributed by atoms with Crippen molar-refractivity contribution in [2.45, 2.75) is 17.9 Å². The summed E-state index contributed by atoms with van der Waals surface area (Å²) in [5.74, 6) is -0.806. The van der Waals surface area contributed by atoms with Crippen LogP contribution in [0, 0.1) is 5.82 Å². The Bertz CT molecular complexity index is 484. The van der Waals surface area contributed by atoms with Crippen molar-refractivity contribution in [3.8, 4) is 0 Å². The number of nitrogens with one attached hydrogen (secondary N) is 1. The molecule has 1 rings (SSSR count). The molecule has 3 N–H and O–H groups in total. The molecule has 1 aromatic rings. The Labute approximate surface area is 114 Å². The lowest BCUT2D eigenvalue weighted by molar-refractivity contribution is 0.542. The van der Waals surface area contributed by atoms with E-state index in [0.717, 1.165) is 0 Å². The zero-order valence-corrected chi connectivity index (χ0v) is 12.2. The van der Waals surface area contributed by atoms with Crippen LogP contribution in [-0.2, 0) is 10.0 Å². The summed E-state index contributed by atoms with van der Waals surface area (Å²) < 4.78 is 39.4. The summed E-state index contributed by atoms with van der Waals surface area (Å²) in [4.78, 5) is -0.387. The molecule has 0 aliphatic rings. The van der Waals surface area contributed by atoms with Crippen LogP contribution in [0.3, 0.4) is 0 Å². The van der Waals surface area contributed by atoms with Gasteiger partial charge in [0.25, 0.3) is 0 Å². The molecule has 0 aromatic heterocycles. The molecule has 1 atom stereocenters. The highest BCUT2D eigenvalue weighted by Crippen LogP contribution is 2.22. The van der Waals surface area contributed by atoms with Crippen molar-refractivity contribution in [3.63, 3.8) is 0 Å². The first-order valence-electron chi connectivity index (χ1n) is 4.55. The fraction of sp³-hybridized carbons (Fsp3) is 0.333. The normalized spacial score (nSPS) is 12.9. The van der Waals surface area contributed by atoms with Crippen LogP contribution in [0.4, 0.5) is 4.39 Å². The van der Waals surface area contributed by atoms with E-state index in [4.69, 9.17) is 5.73 Å². The van der Waals surface area contributed by atoms with Crippen LogP contribution < -0.4 is 10.5 Å². The fourth-order valence-corrected chi connectivity index (χ4v) is 2.92. The number of sulfonamides is 1. The van der Waals surface area contributed by atoms with Gasteiger partial charge in [-0.3, -0.25) is 0 Å². The predicted octanol–water partition coefficient (Wildman–Crippen LogP) is 1.64. The lowest BCUT2D eigenvalue weighted by Gasteiger charge is -2.12. The van der Waals surface area contributed by atoms with E-state index in [1.807, 2.05) is 0 Å². The Balaban J connectivity index is 0.00000256. The molecule has 0 saturated heterocycles. The third-order valence-corrected chi connectivity index (χ3v) is 4.14. The largest absolute Gasteiger partial charge is 0.329 e. The van der Waals surface area contributed by atoms with Gasteiger partial charge in [-0.25, -0.2) is 17.5 Å². The van der Waals surface area contributed by atoms with E-state index in [2.05, 4.69) is 20.7 Å². The maximum atomic E-state index is 13.6. The van der Waals surface area contributed by atoms with Gasteiger partial charge in [0, 0.05) is 12.6 Å². The summed E-state index contributed by atoms with van der Waals surface area (Å²) in [5.41, 5.74) is 5.30. The maximum Gasteiger partial charge on any atom is 0.243 e. The lowest BCUT2D eigenvalue weighted by atomic mass is 10.3. The first kappa shape index (κ1) is 16.8. The molecule has 0 aliphatic carbocycles. The van der Waals surface area contributed by atoms with Crippen LogP contribution >= 0.6 is 28.3 Å². The average Bonchev–Trinajstić information content (AvgIpc) is 2.21. The number of nitrogens with two attached hydrogens (primary N) is 1. The zero-order valence-electron chi connectivity index (χ0n) is 8.98. The molecule has 0 amide bonds. The molecule has 0 aliphatic heterocycles. The molecule has 0 bridgehead atoms. The van der Waals surface area contributed by atoms with Gasteiger partial charge in [0.2, 0.25) is 10.0 Å². The molecule has 0 spiro atoms. The van der Waals surface area contributed by atoms with Gasteiger partial charge < -0.3 is 5.73 Å². The summed E-state index contributed by atoms with van der Waals surface area (Å²) in [7, 11) is -3.86. The SMILES string of the molecule is C[C@@H](CN)NS(=O)(=O)c1cccc(Br)c1F.Cl. The van der Waals surface area contributed by atoms with Crippen LogP contribution in [0.25, 0.3) is 0 Å². The second-order valence-corrected chi connectivity index (χ2v) is 5.85. The molecule has 17 heavy (non-hydrogen) atoms. The molecule has 1 aromatic carbocycles. The van der Waals surface area contributed by atoms with Crippen molar-refractivity contribution < 1.29 is 12.8 Å². The Morgan fingerprint density at radius 3 is 2.65 bits per heavy atom. The second kappa shape index (κ2) is 6.65. The Morgan fingerprint density at radius 2 is 2.12 bits per heavy atom. The minimum Gasteiger partial charge on any atom is -0.329 e. The van der Waals surface area contributed by atoms with Crippen molar-refractivity contribution in [1.82, 2.24) is 4.72 Å². The van der Waals surface area contributed by atoms with Gasteiger partial charge in [-0.1, -0.05) is 6.07 Å². The number of benzene rings is 1. The first-order chi connectivity index (χ1) is 7.38. The van der Waals surface area contributed by atoms with Crippen LogP contribution in [0.15, 0.2) is 27.6 Å². The molecule has 0 saturated carbocycles. The summed E-state index contributed by atoms with van der Waals surface area (Å²) in [6.07, 6.45) is 0. The zero-order chi connectivity index (χ0) is 12.3. The highest BCUT2D eigenvalue weighted by atomic mass is 79.9. The third-order valence-electron chi connectivity index (χ3n) is 1.92. The fourth-order valence-electron chi connectivity index (χ4n) is 1.07. The standard InChI is InChI=1S/C9H12BrFN2O2S.ClH/c1-6(5-12)13-16(14,15)8-4-2-3-7(10)9(8)11;/h2-4,6,13H,5,12H2,1H3;1H/t6-;/m0./s1. The number of halogens is 3. The van der Waals surface area contributed by atoms with Crippen LogP contribution in [-0.4, -0.2) is 21.0 Å². The van der Waals surface area contributed by atoms with E-state index in [1.54, 1.807) is 6.92 Å². The highest BCUT2D eigenvalue weighted by Gasteiger charge is 2.21. The number of rotatable bonds is 4. The number of hydrogen-bond donors (Lipinski definition) is 2. The number of hydrogen-bond acceptors (Lipinski definition) is 3. The van der Waals surface area contributed by atoms with Crippen molar-refractivity contribution in [3.05, 3.63) is 28.5 Å². The van der Waals surface area contributed by atoms with Crippen LogP contribution in [0.1, 0.15) is 6.92 Å². The van der Waals surface area contributed by atoms with E-state index in [1.165, 1.54) is 18.2 Å². The summed E-state index contributed by atoms with van der Waals surface area (Å²) in [5, 5.41) is 0. The van der Waals surface area contributed by atoms with E-state index in [9.17, 15) is 12.8 Å². The van der Waals surface area contributed by atoms with Gasteiger partial charge >= 0.3 is 0 Å². The second-order valence-electron chi connectivity index (χ2n) is 3.31. The smallest absolute Gasteiger partial charge is 0.243 e. The molecule has 8 heteroatoms. The topological polar surface area (TPSA) is 72.2 Å². The van der Waals surface area contributed by atoms with E-state index in [0.29, 0.717) is 0 Å². The highest BCUT2D eigenvalue weighted by molar-refractivity contribution is 9.10. The lowest BCUT2D eigenvalue weighted by Crippen LogP contribution is -2.38. The summed E-state index contributed by atoms with van der Waals surface area (Å²) in [6, 6.07) is 3.64. The molecule has 0 radical (unpaired) electrons. The maximum absolute atomic E-state index is 13.6. The van der Waals surface area contributed by atoms with Crippen molar-refractivity contribution in [2.75, 3.05) is 6.54 Å². The summed E-state index contributed by atoms with van der Waals surface area (Å²) in [6.45, 7) is 1.75. The van der Waals surface area contributed by atoms with E-state index < -0.39 is 21.9 Å². The molecule has 0 heterocycles. The quantitative estimate of drug-likeness (QED) is 0.869. The predicted molar refractivity (Wildman–Crippen MR) is 70.2 cm³/mol. The molecule has 4 nitrogen and oxygen atoms in total. The van der Waals surface area contributed by atoms with E-state index in [-0.39, 0.29) is 28.3 Å². The van der Waals surface area contributed by atoms with Crippen LogP contribution in [0.5, 0.6) is 0 Å². The first-order valence-corrected chi connectivity index (χ1v) is 6.82. The average molecular weight is 348 g/mol. The van der Waals surface area contributed by atoms with Crippen molar-refractivity contribution in [1.29, 1.82) is 0 Å². The Kier molecular flexibility index (Phi) is 6.57. The molecule has 98 valence electrons. The Hall–Kier alpha value is -0.210. The van der Waals surface area contributed by atoms with Crippen LogP contribution in [0.2, 0.25) is 0 Å². The minimum atomic E-state index is -3.86. The minimum absolute atomic E-state index is 0. The Morgan fingerprint density at radius 1 is 1.53 bits per heavy atom. The van der Waals surface area contributed by atoms with Crippen molar-refractivity contribution in [2.24, 2.45) is 5.73 Å². The van der Waals surface area contributed by atoms with Gasteiger partial charge in [-0.15, -0.1) is 12.4 Å². The van der Waals surface area contributed by atoms with Gasteiger partial charge in [0.15, 0.2) is 5.82 Å². The molecule has 0 unspecified atom stereocenters. The van der Waals surface area contributed by atoms with Gasteiger partial charge in [0.1, 0.15) is 4.90 Å². The molecular formula is C9H13BrClFN2O2S. The molecule has 0 fully saturated rings.